The predicted octanol–water partition coefficient (Wildman–Crippen LogP) is 5.02. The molecule has 0 unspecified atom stereocenters. The number of amides is 1. The number of fused-ring (bicyclic) bond motifs is 1. The van der Waals surface area contributed by atoms with Crippen LogP contribution in [-0.2, 0) is 9.59 Å². The van der Waals surface area contributed by atoms with Gasteiger partial charge < -0.3 is 10.1 Å². The Morgan fingerprint density at radius 2 is 1.83 bits per heavy atom. The minimum Gasteiger partial charge on any atom is -0.494 e. The molecule has 1 amide bonds. The highest BCUT2D eigenvalue weighted by Gasteiger charge is 2.14. The van der Waals surface area contributed by atoms with Crippen LogP contribution in [0.5, 0.6) is 5.75 Å². The topological polar surface area (TPSA) is 85.4 Å². The van der Waals surface area contributed by atoms with Crippen molar-refractivity contribution in [3.8, 4) is 5.75 Å². The Balaban J connectivity index is 1.45. The summed E-state index contributed by atoms with van der Waals surface area (Å²) in [5.74, 6) is 0.385. The molecule has 0 saturated heterocycles. The number of rotatable bonds is 10. The Bertz CT molecular complexity index is 1040. The summed E-state index contributed by atoms with van der Waals surface area (Å²) in [6.45, 7) is 4.44. The van der Waals surface area contributed by atoms with Crippen LogP contribution >= 0.6 is 22.7 Å². The molecule has 1 aromatic carbocycles. The van der Waals surface area contributed by atoms with Crippen LogP contribution < -0.4 is 10.1 Å². The van der Waals surface area contributed by atoms with E-state index in [4.69, 9.17) is 4.74 Å². The van der Waals surface area contributed by atoms with E-state index in [0.717, 1.165) is 20.8 Å². The number of anilines is 1. The lowest BCUT2D eigenvalue weighted by Gasteiger charge is -2.01. The fraction of sp³-hybridized carbons (Fsp3) is 0.333. The quantitative estimate of drug-likeness (QED) is 0.457. The minimum absolute atomic E-state index is 0.0261. The third kappa shape index (κ3) is 5.95. The summed E-state index contributed by atoms with van der Waals surface area (Å²) < 4.78 is 6.39. The number of Topliss-reactive ketones (excluding diaryl/α,β-unsaturated/α-hetero) is 2. The number of aromatic nitrogens is 1. The van der Waals surface area contributed by atoms with Gasteiger partial charge in [0, 0.05) is 30.6 Å². The lowest BCUT2D eigenvalue weighted by atomic mass is 10.1. The molecule has 152 valence electrons. The molecule has 3 aromatic rings. The van der Waals surface area contributed by atoms with Crippen LogP contribution in [0.2, 0.25) is 0 Å². The number of ketones is 2. The second kappa shape index (κ2) is 9.76. The lowest BCUT2D eigenvalue weighted by Crippen LogP contribution is -2.13. The van der Waals surface area contributed by atoms with E-state index in [-0.39, 0.29) is 43.2 Å². The maximum Gasteiger partial charge on any atom is 0.226 e. The van der Waals surface area contributed by atoms with Crippen LogP contribution in [0.25, 0.3) is 10.2 Å². The molecule has 0 bridgehead atoms. The summed E-state index contributed by atoms with van der Waals surface area (Å²) in [6, 6.07) is 9.26. The summed E-state index contributed by atoms with van der Waals surface area (Å²) in [5, 5.41) is 3.24. The zero-order valence-corrected chi connectivity index (χ0v) is 18.0. The molecule has 0 aliphatic carbocycles. The largest absolute Gasteiger partial charge is 0.494 e. The third-order valence-electron chi connectivity index (χ3n) is 4.19. The molecule has 0 aliphatic rings. The van der Waals surface area contributed by atoms with Crippen molar-refractivity contribution in [1.29, 1.82) is 0 Å². The highest BCUT2D eigenvalue weighted by Crippen LogP contribution is 2.29. The molecule has 0 fully saturated rings. The number of hydrogen-bond donors (Lipinski definition) is 1. The molecule has 2 aromatic heterocycles. The number of thiazole rings is 1. The van der Waals surface area contributed by atoms with Crippen molar-refractivity contribution in [2.75, 3.05) is 11.9 Å². The van der Waals surface area contributed by atoms with Gasteiger partial charge in [0.1, 0.15) is 11.5 Å². The summed E-state index contributed by atoms with van der Waals surface area (Å²) in [7, 11) is 0. The first-order chi connectivity index (χ1) is 13.9. The first kappa shape index (κ1) is 21.1. The van der Waals surface area contributed by atoms with Gasteiger partial charge in [0.25, 0.3) is 0 Å². The highest BCUT2D eigenvalue weighted by atomic mass is 32.1. The predicted molar refractivity (Wildman–Crippen MR) is 116 cm³/mol. The molecule has 0 aliphatic heterocycles. The first-order valence-electron chi connectivity index (χ1n) is 9.39. The molecule has 0 radical (unpaired) electrons. The van der Waals surface area contributed by atoms with E-state index in [1.807, 2.05) is 38.1 Å². The number of aryl methyl sites for hydroxylation is 1. The van der Waals surface area contributed by atoms with Gasteiger partial charge in [-0.05, 0) is 44.2 Å². The fourth-order valence-corrected chi connectivity index (χ4v) is 4.48. The molecule has 8 heteroatoms. The van der Waals surface area contributed by atoms with E-state index in [1.165, 1.54) is 22.7 Å². The number of carbonyl (C=O) groups is 3. The maximum atomic E-state index is 12.1. The van der Waals surface area contributed by atoms with Crippen LogP contribution in [0.4, 0.5) is 5.13 Å². The smallest absolute Gasteiger partial charge is 0.226 e. The zero-order chi connectivity index (χ0) is 20.8. The molecule has 0 atom stereocenters. The molecule has 3 rings (SSSR count). The van der Waals surface area contributed by atoms with Gasteiger partial charge >= 0.3 is 0 Å². The van der Waals surface area contributed by atoms with Crippen LogP contribution in [0.3, 0.4) is 0 Å². The van der Waals surface area contributed by atoms with Crippen molar-refractivity contribution in [2.45, 2.75) is 39.5 Å². The van der Waals surface area contributed by atoms with Crippen LogP contribution in [-0.4, -0.2) is 29.1 Å². The summed E-state index contributed by atoms with van der Waals surface area (Å²) in [5.41, 5.74) is 0.784. The number of thiophene rings is 1. The van der Waals surface area contributed by atoms with E-state index < -0.39 is 0 Å². The van der Waals surface area contributed by atoms with E-state index in [9.17, 15) is 14.4 Å². The van der Waals surface area contributed by atoms with Crippen molar-refractivity contribution in [2.24, 2.45) is 0 Å². The number of nitrogens with zero attached hydrogens (tertiary/aromatic N) is 1. The van der Waals surface area contributed by atoms with E-state index in [0.29, 0.717) is 16.6 Å². The molecule has 0 spiro atoms. The van der Waals surface area contributed by atoms with E-state index in [2.05, 4.69) is 10.3 Å². The van der Waals surface area contributed by atoms with Gasteiger partial charge in [0.2, 0.25) is 5.91 Å². The number of nitrogens with one attached hydrogen (secondary N) is 1. The van der Waals surface area contributed by atoms with Gasteiger partial charge in [-0.1, -0.05) is 11.3 Å². The van der Waals surface area contributed by atoms with Gasteiger partial charge in [-0.15, -0.1) is 11.3 Å². The average molecular weight is 431 g/mol. The van der Waals surface area contributed by atoms with Crippen LogP contribution in [0, 0.1) is 6.92 Å². The Morgan fingerprint density at radius 1 is 1.03 bits per heavy atom. The Labute approximate surface area is 176 Å². The molecule has 6 nitrogen and oxygen atoms in total. The van der Waals surface area contributed by atoms with Crippen molar-refractivity contribution in [3.05, 3.63) is 40.1 Å². The number of ether oxygens (including phenoxy) is 1. The number of carbonyl (C=O) groups excluding carboxylic acids is 3. The number of benzene rings is 1. The monoisotopic (exact) mass is 430 g/mol. The Kier molecular flexibility index (Phi) is 7.11. The molecule has 0 saturated carbocycles. The fourth-order valence-electron chi connectivity index (χ4n) is 2.74. The number of hydrogen-bond acceptors (Lipinski definition) is 7. The first-order valence-corrected chi connectivity index (χ1v) is 11.0. The second-order valence-corrected chi connectivity index (χ2v) is 8.82. The van der Waals surface area contributed by atoms with Crippen LogP contribution in [0.15, 0.2) is 30.3 Å². The van der Waals surface area contributed by atoms with Gasteiger partial charge in [-0.3, -0.25) is 14.4 Å². The molecule has 1 N–H and O–H groups in total. The Hall–Kier alpha value is -2.58. The summed E-state index contributed by atoms with van der Waals surface area (Å²) in [4.78, 5) is 42.3. The summed E-state index contributed by atoms with van der Waals surface area (Å²) in [6.07, 6.45) is 0.526. The van der Waals surface area contributed by atoms with Crippen molar-refractivity contribution in [3.63, 3.8) is 0 Å². The standard InChI is InChI=1S/C21H22N2O4S2/c1-3-27-15-7-8-16-19(12-15)29-21(22-16)23-20(26)11-6-14(24)5-9-17(25)18-10-4-13(2)28-18/h4,7-8,10,12H,3,5-6,9,11H2,1-2H3,(H,22,23,26). The molecular formula is C21H22N2O4S2. The van der Waals surface area contributed by atoms with Crippen molar-refractivity contribution in [1.82, 2.24) is 4.98 Å². The zero-order valence-electron chi connectivity index (χ0n) is 16.3. The molecule has 29 heavy (non-hydrogen) atoms. The summed E-state index contributed by atoms with van der Waals surface area (Å²) >= 11 is 2.80. The van der Waals surface area contributed by atoms with Crippen LogP contribution in [0.1, 0.15) is 47.2 Å². The average Bonchev–Trinajstić information content (AvgIpc) is 3.30. The Morgan fingerprint density at radius 3 is 2.55 bits per heavy atom. The second-order valence-electron chi connectivity index (χ2n) is 6.50. The third-order valence-corrected chi connectivity index (χ3v) is 6.17. The maximum absolute atomic E-state index is 12.1. The SMILES string of the molecule is CCOc1ccc2nc(NC(=O)CCC(=O)CCC(=O)c3ccc(C)s3)sc2c1. The van der Waals surface area contributed by atoms with Crippen molar-refractivity contribution < 1.29 is 19.1 Å². The molecular weight excluding hydrogens is 408 g/mol. The normalized spacial score (nSPS) is 10.8. The highest BCUT2D eigenvalue weighted by molar-refractivity contribution is 7.22. The molecule has 2 heterocycles. The van der Waals surface area contributed by atoms with E-state index >= 15 is 0 Å². The van der Waals surface area contributed by atoms with E-state index in [1.54, 1.807) is 6.07 Å². The minimum atomic E-state index is -0.261. The van der Waals surface area contributed by atoms with Crippen molar-refractivity contribution >= 4 is 55.5 Å². The lowest BCUT2D eigenvalue weighted by molar-refractivity contribution is -0.122. The van der Waals surface area contributed by atoms with Gasteiger partial charge in [0.15, 0.2) is 10.9 Å². The van der Waals surface area contributed by atoms with Gasteiger partial charge in [-0.2, -0.15) is 0 Å². The van der Waals surface area contributed by atoms with Gasteiger partial charge in [-0.25, -0.2) is 4.98 Å². The van der Waals surface area contributed by atoms with Gasteiger partial charge in [0.05, 0.1) is 21.7 Å².